The summed E-state index contributed by atoms with van der Waals surface area (Å²) in [6.45, 7) is 2.05. The smallest absolute Gasteiger partial charge is 0.321 e. The van der Waals surface area contributed by atoms with E-state index >= 15 is 0 Å². The third kappa shape index (κ3) is 4.87. The lowest BCUT2D eigenvalue weighted by Crippen LogP contribution is -2.44. The van der Waals surface area contributed by atoms with Crippen LogP contribution in [0.15, 0.2) is 47.5 Å². The highest BCUT2D eigenvalue weighted by Gasteiger charge is 2.23. The van der Waals surface area contributed by atoms with Gasteiger partial charge in [-0.1, -0.05) is 49.9 Å². The summed E-state index contributed by atoms with van der Waals surface area (Å²) in [4.78, 5) is 29.3. The Morgan fingerprint density at radius 3 is 2.63 bits per heavy atom. The Labute approximate surface area is 177 Å². The number of hydrogen-bond donors (Lipinski definition) is 3. The predicted molar refractivity (Wildman–Crippen MR) is 120 cm³/mol. The van der Waals surface area contributed by atoms with Crippen LogP contribution in [0, 0.1) is 6.92 Å². The van der Waals surface area contributed by atoms with Crippen molar-refractivity contribution < 1.29 is 9.59 Å². The lowest BCUT2D eigenvalue weighted by atomic mass is 9.90. The number of aliphatic imine (C=N–C) groups is 1. The maximum absolute atomic E-state index is 12.6. The van der Waals surface area contributed by atoms with E-state index in [1.165, 1.54) is 44.1 Å². The Hall–Kier alpha value is -3.15. The molecular weight excluding hydrogens is 376 g/mol. The van der Waals surface area contributed by atoms with Gasteiger partial charge in [0.05, 0.1) is 0 Å². The number of nitrogens with one attached hydrogen (secondary N) is 3. The summed E-state index contributed by atoms with van der Waals surface area (Å²) in [5.41, 5.74) is 4.64. The van der Waals surface area contributed by atoms with Gasteiger partial charge in [-0.2, -0.15) is 0 Å². The van der Waals surface area contributed by atoms with E-state index in [9.17, 15) is 9.59 Å². The van der Waals surface area contributed by atoms with E-state index in [0.717, 1.165) is 16.8 Å². The SMILES string of the molecule is Cc1cc(NC(=O)NC2N=Cc3ccccc3NC2=O)cc(C2CCCCCC2)c1. The van der Waals surface area contributed by atoms with Crippen molar-refractivity contribution in [1.29, 1.82) is 0 Å². The molecule has 3 N–H and O–H groups in total. The molecule has 3 amide bonds. The number of amides is 3. The third-order valence-corrected chi connectivity index (χ3v) is 5.78. The molecule has 1 atom stereocenters. The van der Waals surface area contributed by atoms with Gasteiger partial charge in [0.2, 0.25) is 6.17 Å². The molecule has 1 saturated carbocycles. The Morgan fingerprint density at radius 1 is 1.07 bits per heavy atom. The van der Waals surface area contributed by atoms with E-state index in [1.54, 1.807) is 6.21 Å². The molecule has 1 aliphatic carbocycles. The summed E-state index contributed by atoms with van der Waals surface area (Å²) in [7, 11) is 0. The molecule has 0 spiro atoms. The molecule has 2 aliphatic rings. The van der Waals surface area contributed by atoms with E-state index in [-0.39, 0.29) is 5.91 Å². The number of anilines is 2. The number of carbonyl (C=O) groups excluding carboxylic acids is 2. The molecule has 6 nitrogen and oxygen atoms in total. The Bertz CT molecular complexity index is 961. The minimum atomic E-state index is -0.983. The second-order valence-electron chi connectivity index (χ2n) is 8.18. The van der Waals surface area contributed by atoms with Crippen molar-refractivity contribution in [2.45, 2.75) is 57.5 Å². The molecule has 0 saturated heterocycles. The fourth-order valence-electron chi connectivity index (χ4n) is 4.27. The number of aryl methyl sites for hydroxylation is 1. The molecule has 2 aromatic rings. The summed E-state index contributed by atoms with van der Waals surface area (Å²) in [5.74, 6) is 0.182. The lowest BCUT2D eigenvalue weighted by molar-refractivity contribution is -0.117. The van der Waals surface area contributed by atoms with E-state index in [1.807, 2.05) is 37.3 Å². The zero-order valence-corrected chi connectivity index (χ0v) is 17.3. The van der Waals surface area contributed by atoms with Crippen molar-refractivity contribution in [3.8, 4) is 0 Å². The van der Waals surface area contributed by atoms with Crippen LogP contribution in [0.2, 0.25) is 0 Å². The summed E-state index contributed by atoms with van der Waals surface area (Å²) in [6.07, 6.45) is 8.17. The number of carbonyl (C=O) groups is 2. The van der Waals surface area contributed by atoms with Crippen molar-refractivity contribution >= 4 is 29.5 Å². The van der Waals surface area contributed by atoms with Gasteiger partial charge in [-0.15, -0.1) is 0 Å². The minimum Gasteiger partial charge on any atom is -0.322 e. The van der Waals surface area contributed by atoms with E-state index < -0.39 is 12.2 Å². The van der Waals surface area contributed by atoms with Gasteiger partial charge in [-0.3, -0.25) is 9.79 Å². The monoisotopic (exact) mass is 404 g/mol. The molecule has 30 heavy (non-hydrogen) atoms. The first-order chi connectivity index (χ1) is 14.6. The second kappa shape index (κ2) is 9.11. The number of benzene rings is 2. The van der Waals surface area contributed by atoms with Crippen LogP contribution >= 0.6 is 0 Å². The zero-order valence-electron chi connectivity index (χ0n) is 17.3. The Morgan fingerprint density at radius 2 is 1.83 bits per heavy atom. The molecule has 1 fully saturated rings. The topological polar surface area (TPSA) is 82.6 Å². The summed E-state index contributed by atoms with van der Waals surface area (Å²) < 4.78 is 0. The molecule has 4 rings (SSSR count). The van der Waals surface area contributed by atoms with Crippen molar-refractivity contribution in [3.05, 3.63) is 59.2 Å². The highest BCUT2D eigenvalue weighted by atomic mass is 16.2. The maximum Gasteiger partial charge on any atom is 0.321 e. The average molecular weight is 405 g/mol. The summed E-state index contributed by atoms with van der Waals surface area (Å²) in [5, 5.41) is 8.35. The predicted octanol–water partition coefficient (Wildman–Crippen LogP) is 4.95. The van der Waals surface area contributed by atoms with Crippen LogP contribution in [-0.4, -0.2) is 24.3 Å². The molecule has 1 aliphatic heterocycles. The first-order valence-electron chi connectivity index (χ1n) is 10.7. The molecule has 1 heterocycles. The number of benzodiazepines with no additional fused rings is 1. The number of para-hydroxylation sites is 1. The number of nitrogens with zero attached hydrogens (tertiary/aromatic N) is 1. The normalized spacial score (nSPS) is 19.2. The van der Waals surface area contributed by atoms with Crippen LogP contribution < -0.4 is 16.0 Å². The number of urea groups is 1. The molecular formula is C24H28N4O2. The Balaban J connectivity index is 1.43. The highest BCUT2D eigenvalue weighted by molar-refractivity contribution is 6.05. The second-order valence-corrected chi connectivity index (χ2v) is 8.18. The van der Waals surface area contributed by atoms with Crippen molar-refractivity contribution in [2.24, 2.45) is 4.99 Å². The molecule has 0 aromatic heterocycles. The molecule has 2 aromatic carbocycles. The zero-order chi connectivity index (χ0) is 20.9. The van der Waals surface area contributed by atoms with Crippen LogP contribution in [0.3, 0.4) is 0 Å². The minimum absolute atomic E-state index is 0.366. The van der Waals surface area contributed by atoms with Gasteiger partial charge in [0, 0.05) is 23.2 Å². The van der Waals surface area contributed by atoms with Gasteiger partial charge in [0.15, 0.2) is 0 Å². The number of fused-ring (bicyclic) bond motifs is 1. The Kier molecular flexibility index (Phi) is 6.12. The summed E-state index contributed by atoms with van der Waals surface area (Å²) in [6, 6.07) is 13.2. The largest absolute Gasteiger partial charge is 0.322 e. The van der Waals surface area contributed by atoms with Gasteiger partial charge in [0.1, 0.15) is 0 Å². The first kappa shape index (κ1) is 20.1. The van der Waals surface area contributed by atoms with Crippen LogP contribution in [0.5, 0.6) is 0 Å². The van der Waals surface area contributed by atoms with Gasteiger partial charge < -0.3 is 16.0 Å². The lowest BCUT2D eigenvalue weighted by Gasteiger charge is -2.18. The van der Waals surface area contributed by atoms with Crippen molar-refractivity contribution in [1.82, 2.24) is 5.32 Å². The fraction of sp³-hybridized carbons (Fsp3) is 0.375. The van der Waals surface area contributed by atoms with Gasteiger partial charge in [0.25, 0.3) is 5.91 Å². The van der Waals surface area contributed by atoms with Crippen LogP contribution in [0.25, 0.3) is 0 Å². The van der Waals surface area contributed by atoms with Crippen LogP contribution in [0.1, 0.15) is 61.1 Å². The van der Waals surface area contributed by atoms with Crippen molar-refractivity contribution in [3.63, 3.8) is 0 Å². The molecule has 6 heteroatoms. The van der Waals surface area contributed by atoms with Gasteiger partial charge >= 0.3 is 6.03 Å². The summed E-state index contributed by atoms with van der Waals surface area (Å²) >= 11 is 0. The maximum atomic E-state index is 12.6. The molecule has 0 bridgehead atoms. The van der Waals surface area contributed by atoms with E-state index in [4.69, 9.17) is 0 Å². The molecule has 1 unspecified atom stereocenters. The van der Waals surface area contributed by atoms with Crippen LogP contribution in [-0.2, 0) is 4.79 Å². The fourth-order valence-corrected chi connectivity index (χ4v) is 4.27. The average Bonchev–Trinajstić information content (AvgIpc) is 3.08. The van der Waals surface area contributed by atoms with Gasteiger partial charge in [-0.05, 0) is 55.0 Å². The van der Waals surface area contributed by atoms with E-state index in [2.05, 4.69) is 33.1 Å². The van der Waals surface area contributed by atoms with Gasteiger partial charge in [-0.25, -0.2) is 4.79 Å². The third-order valence-electron chi connectivity index (χ3n) is 5.78. The number of rotatable bonds is 3. The van der Waals surface area contributed by atoms with Crippen molar-refractivity contribution in [2.75, 3.05) is 10.6 Å². The standard InChI is InChI=1S/C24H28N4O2/c1-16-12-19(17-8-4-2-3-5-9-17)14-20(13-16)26-24(30)28-22-23(29)27-21-11-7-6-10-18(21)15-25-22/h6-7,10-15,17,22H,2-5,8-9H2,1H3,(H,27,29)(H2,26,28,30). The molecule has 156 valence electrons. The first-order valence-corrected chi connectivity index (χ1v) is 10.7. The van der Waals surface area contributed by atoms with Crippen LogP contribution in [0.4, 0.5) is 16.2 Å². The number of hydrogen-bond acceptors (Lipinski definition) is 3. The van der Waals surface area contributed by atoms with E-state index in [0.29, 0.717) is 11.6 Å². The highest BCUT2D eigenvalue weighted by Crippen LogP contribution is 2.33. The molecule has 0 radical (unpaired) electrons. The quantitative estimate of drug-likeness (QED) is 0.633.